The number of rotatable bonds is 8. The van der Waals surface area contributed by atoms with E-state index in [0.29, 0.717) is 11.2 Å². The van der Waals surface area contributed by atoms with Gasteiger partial charge >= 0.3 is 0 Å². The molecule has 0 aliphatic carbocycles. The second kappa shape index (κ2) is 9.90. The molecule has 0 aliphatic heterocycles. The fourth-order valence-corrected chi connectivity index (χ4v) is 3.31. The van der Waals surface area contributed by atoms with Crippen molar-refractivity contribution >= 4 is 27.7 Å². The quantitative estimate of drug-likeness (QED) is 0.553. The van der Waals surface area contributed by atoms with Crippen LogP contribution in [0.25, 0.3) is 0 Å². The van der Waals surface area contributed by atoms with E-state index in [-0.39, 0.29) is 24.1 Å². The fourth-order valence-electron chi connectivity index (χ4n) is 3.00. The molecular formula is C22H21BrN2O3. The molecule has 0 fully saturated rings. The van der Waals surface area contributed by atoms with Gasteiger partial charge in [-0.05, 0) is 45.6 Å². The van der Waals surface area contributed by atoms with Crippen LogP contribution in [0.3, 0.4) is 0 Å². The number of carbonyl (C=O) groups excluding carboxylic acids is 2. The number of nitrogens with one attached hydrogen (secondary N) is 2. The van der Waals surface area contributed by atoms with Gasteiger partial charge in [0.15, 0.2) is 10.4 Å². The van der Waals surface area contributed by atoms with Crippen LogP contribution in [0.1, 0.15) is 34.0 Å². The second-order valence-corrected chi connectivity index (χ2v) is 7.08. The molecule has 0 saturated carbocycles. The van der Waals surface area contributed by atoms with Crippen molar-refractivity contribution in [2.24, 2.45) is 0 Å². The number of carbonyl (C=O) groups is 2. The summed E-state index contributed by atoms with van der Waals surface area (Å²) in [4.78, 5) is 24.0. The summed E-state index contributed by atoms with van der Waals surface area (Å²) >= 11 is 3.14. The van der Waals surface area contributed by atoms with E-state index in [1.807, 2.05) is 36.4 Å². The number of hydrogen-bond donors (Lipinski definition) is 2. The predicted molar refractivity (Wildman–Crippen MR) is 111 cm³/mol. The lowest BCUT2D eigenvalue weighted by Crippen LogP contribution is -2.37. The molecule has 28 heavy (non-hydrogen) atoms. The Labute approximate surface area is 172 Å². The first-order valence-electron chi connectivity index (χ1n) is 9.03. The molecule has 0 radical (unpaired) electrons. The Morgan fingerprint density at radius 3 is 2.00 bits per heavy atom. The maximum atomic E-state index is 12.1. The Hall–Kier alpha value is -2.86. The normalized spacial score (nSPS) is 10.6. The van der Waals surface area contributed by atoms with E-state index < -0.39 is 5.91 Å². The first kappa shape index (κ1) is 19.9. The van der Waals surface area contributed by atoms with Gasteiger partial charge in [0.25, 0.3) is 5.91 Å². The Morgan fingerprint density at radius 2 is 1.46 bits per heavy atom. The zero-order valence-corrected chi connectivity index (χ0v) is 16.8. The molecule has 2 N–H and O–H groups in total. The molecule has 1 aromatic heterocycles. The maximum absolute atomic E-state index is 12.1. The van der Waals surface area contributed by atoms with E-state index in [2.05, 4.69) is 50.8 Å². The minimum Gasteiger partial charge on any atom is -0.444 e. The molecule has 0 bridgehead atoms. The van der Waals surface area contributed by atoms with E-state index in [1.165, 1.54) is 11.1 Å². The van der Waals surface area contributed by atoms with Gasteiger partial charge in [-0.3, -0.25) is 9.59 Å². The lowest BCUT2D eigenvalue weighted by molar-refractivity contribution is -0.120. The van der Waals surface area contributed by atoms with Crippen LogP contribution in [0, 0.1) is 0 Å². The number of amides is 2. The third-order valence-electron chi connectivity index (χ3n) is 4.37. The maximum Gasteiger partial charge on any atom is 0.287 e. The average molecular weight is 441 g/mol. The Balaban J connectivity index is 1.51. The SMILES string of the molecule is O=C(CNC(=O)c1ccc(Br)o1)NCCC(c1ccccc1)c1ccccc1. The molecule has 5 nitrogen and oxygen atoms in total. The van der Waals surface area contributed by atoms with Crippen LogP contribution < -0.4 is 10.6 Å². The topological polar surface area (TPSA) is 71.3 Å². The van der Waals surface area contributed by atoms with Crippen LogP contribution in [0.2, 0.25) is 0 Å². The largest absolute Gasteiger partial charge is 0.444 e. The molecule has 2 aromatic carbocycles. The van der Waals surface area contributed by atoms with E-state index in [0.717, 1.165) is 6.42 Å². The molecule has 144 valence electrons. The minimum absolute atomic E-state index is 0.0987. The number of hydrogen-bond acceptors (Lipinski definition) is 3. The fraction of sp³-hybridized carbons (Fsp3) is 0.182. The number of halogens is 1. The molecule has 3 rings (SSSR count). The lowest BCUT2D eigenvalue weighted by atomic mass is 9.88. The third-order valence-corrected chi connectivity index (χ3v) is 4.79. The summed E-state index contributed by atoms with van der Waals surface area (Å²) < 4.78 is 5.63. The van der Waals surface area contributed by atoms with Crippen LogP contribution in [0.15, 0.2) is 81.9 Å². The highest BCUT2D eigenvalue weighted by atomic mass is 79.9. The van der Waals surface area contributed by atoms with Gasteiger partial charge in [0, 0.05) is 12.5 Å². The molecular weight excluding hydrogens is 420 g/mol. The number of benzene rings is 2. The van der Waals surface area contributed by atoms with E-state index in [4.69, 9.17) is 4.42 Å². The van der Waals surface area contributed by atoms with Crippen molar-refractivity contribution in [2.75, 3.05) is 13.1 Å². The molecule has 0 atom stereocenters. The molecule has 2 amide bonds. The van der Waals surface area contributed by atoms with Gasteiger partial charge in [0.1, 0.15) is 0 Å². The van der Waals surface area contributed by atoms with Crippen LogP contribution in [0.5, 0.6) is 0 Å². The van der Waals surface area contributed by atoms with Crippen molar-refractivity contribution in [1.82, 2.24) is 10.6 Å². The van der Waals surface area contributed by atoms with Crippen LogP contribution in [-0.4, -0.2) is 24.9 Å². The summed E-state index contributed by atoms with van der Waals surface area (Å²) in [7, 11) is 0. The van der Waals surface area contributed by atoms with Gasteiger partial charge in [0.05, 0.1) is 6.54 Å². The predicted octanol–water partition coefficient (Wildman–Crippen LogP) is 4.11. The second-order valence-electron chi connectivity index (χ2n) is 6.30. The Kier molecular flexibility index (Phi) is 7.03. The first-order chi connectivity index (χ1) is 13.6. The van der Waals surface area contributed by atoms with Gasteiger partial charge in [-0.2, -0.15) is 0 Å². The Bertz CT molecular complexity index is 870. The van der Waals surface area contributed by atoms with Crippen molar-refractivity contribution in [3.8, 4) is 0 Å². The first-order valence-corrected chi connectivity index (χ1v) is 9.83. The molecule has 3 aromatic rings. The standard InChI is InChI=1S/C22H21BrN2O3/c23-20-12-11-19(28-20)22(27)25-15-21(26)24-14-13-18(16-7-3-1-4-8-16)17-9-5-2-6-10-17/h1-12,18H,13-15H2,(H,24,26)(H,25,27). The lowest BCUT2D eigenvalue weighted by Gasteiger charge is -2.18. The van der Waals surface area contributed by atoms with Gasteiger partial charge in [-0.1, -0.05) is 60.7 Å². The highest BCUT2D eigenvalue weighted by molar-refractivity contribution is 9.10. The third kappa shape index (κ3) is 5.57. The van der Waals surface area contributed by atoms with Crippen molar-refractivity contribution in [3.63, 3.8) is 0 Å². The summed E-state index contributed by atoms with van der Waals surface area (Å²) in [6.07, 6.45) is 0.763. The summed E-state index contributed by atoms with van der Waals surface area (Å²) in [6, 6.07) is 23.6. The summed E-state index contributed by atoms with van der Waals surface area (Å²) in [5.74, 6) is -0.309. The molecule has 6 heteroatoms. The summed E-state index contributed by atoms with van der Waals surface area (Å²) in [5, 5.41) is 5.42. The number of furan rings is 1. The van der Waals surface area contributed by atoms with Crippen molar-refractivity contribution < 1.29 is 14.0 Å². The highest BCUT2D eigenvalue weighted by Gasteiger charge is 2.15. The van der Waals surface area contributed by atoms with Crippen LogP contribution in [-0.2, 0) is 4.79 Å². The molecule has 0 spiro atoms. The molecule has 0 saturated heterocycles. The molecule has 0 unspecified atom stereocenters. The minimum atomic E-state index is -0.424. The van der Waals surface area contributed by atoms with Gasteiger partial charge in [-0.25, -0.2) is 0 Å². The zero-order chi connectivity index (χ0) is 19.8. The van der Waals surface area contributed by atoms with Crippen molar-refractivity contribution in [1.29, 1.82) is 0 Å². The summed E-state index contributed by atoms with van der Waals surface area (Å²) in [5.41, 5.74) is 2.42. The monoisotopic (exact) mass is 440 g/mol. The zero-order valence-electron chi connectivity index (χ0n) is 15.2. The van der Waals surface area contributed by atoms with Gasteiger partial charge < -0.3 is 15.1 Å². The molecule has 0 aliphatic rings. The van der Waals surface area contributed by atoms with Crippen LogP contribution >= 0.6 is 15.9 Å². The van der Waals surface area contributed by atoms with Gasteiger partial charge in [-0.15, -0.1) is 0 Å². The highest BCUT2D eigenvalue weighted by Crippen LogP contribution is 2.27. The Morgan fingerprint density at radius 1 is 0.857 bits per heavy atom. The van der Waals surface area contributed by atoms with E-state index in [9.17, 15) is 9.59 Å². The van der Waals surface area contributed by atoms with E-state index >= 15 is 0 Å². The molecule has 1 heterocycles. The summed E-state index contributed by atoms with van der Waals surface area (Å²) in [6.45, 7) is 0.411. The van der Waals surface area contributed by atoms with Crippen LogP contribution in [0.4, 0.5) is 0 Å². The average Bonchev–Trinajstić information content (AvgIpc) is 3.17. The van der Waals surface area contributed by atoms with Crippen molar-refractivity contribution in [3.05, 3.63) is 94.4 Å². The van der Waals surface area contributed by atoms with Gasteiger partial charge in [0.2, 0.25) is 5.91 Å². The van der Waals surface area contributed by atoms with E-state index in [1.54, 1.807) is 12.1 Å². The smallest absolute Gasteiger partial charge is 0.287 e. The van der Waals surface area contributed by atoms with Crippen molar-refractivity contribution in [2.45, 2.75) is 12.3 Å².